The molecule has 0 bridgehead atoms. The molecule has 2 heterocycles. The molecule has 6 aromatic rings. The third-order valence-electron chi connectivity index (χ3n) is 6.67. The van der Waals surface area contributed by atoms with Gasteiger partial charge in [0, 0.05) is 34.0 Å². The SMILES string of the molecule is COc1ccc(Oc2cc(C)c(-c3csc(N)n3)c(Cl)c2)cc1.COc1ccc(Oc2cc(C)c(-c3csc(N)n3)c(Cl)c2)cc1. The predicted molar refractivity (Wildman–Crippen MR) is 190 cm³/mol. The van der Waals surface area contributed by atoms with Crippen molar-refractivity contribution < 1.29 is 18.9 Å². The molecular weight excluding hydrogens is 663 g/mol. The molecule has 0 aliphatic heterocycles. The molecule has 2 aromatic heterocycles. The van der Waals surface area contributed by atoms with Gasteiger partial charge in [0.2, 0.25) is 0 Å². The fraction of sp³-hybridized carbons (Fsp3) is 0.118. The molecule has 0 atom stereocenters. The zero-order chi connectivity index (χ0) is 32.8. The minimum absolute atomic E-state index is 0.522. The van der Waals surface area contributed by atoms with E-state index in [1.165, 1.54) is 22.7 Å². The molecule has 0 fully saturated rings. The summed E-state index contributed by atoms with van der Waals surface area (Å²) < 4.78 is 22.0. The molecule has 0 radical (unpaired) electrons. The first-order valence-electron chi connectivity index (χ1n) is 13.8. The Labute approximate surface area is 285 Å². The van der Waals surface area contributed by atoms with E-state index in [0.717, 1.165) is 45.1 Å². The Morgan fingerprint density at radius 1 is 0.543 bits per heavy atom. The maximum atomic E-state index is 6.42. The van der Waals surface area contributed by atoms with Gasteiger partial charge in [-0.25, -0.2) is 9.97 Å². The summed E-state index contributed by atoms with van der Waals surface area (Å²) in [6, 6.07) is 22.2. The van der Waals surface area contributed by atoms with Gasteiger partial charge in [0.05, 0.1) is 35.7 Å². The Kier molecular flexibility index (Phi) is 10.5. The van der Waals surface area contributed by atoms with Crippen molar-refractivity contribution in [2.75, 3.05) is 25.7 Å². The molecule has 6 rings (SSSR count). The molecule has 0 unspecified atom stereocenters. The summed E-state index contributed by atoms with van der Waals surface area (Å²) in [5, 5.41) is 6.00. The van der Waals surface area contributed by atoms with Crippen molar-refractivity contribution in [2.24, 2.45) is 0 Å². The van der Waals surface area contributed by atoms with Gasteiger partial charge in [0.25, 0.3) is 0 Å². The van der Waals surface area contributed by atoms with E-state index in [1.807, 2.05) is 85.3 Å². The fourth-order valence-corrected chi connectivity index (χ4v) is 6.37. The number of halogens is 2. The van der Waals surface area contributed by atoms with Gasteiger partial charge in [0.15, 0.2) is 10.3 Å². The van der Waals surface area contributed by atoms with Crippen LogP contribution in [0.2, 0.25) is 10.0 Å². The lowest BCUT2D eigenvalue weighted by Gasteiger charge is -2.11. The van der Waals surface area contributed by atoms with Crippen LogP contribution in [0.25, 0.3) is 22.5 Å². The van der Waals surface area contributed by atoms with Crippen molar-refractivity contribution in [1.82, 2.24) is 9.97 Å². The van der Waals surface area contributed by atoms with E-state index < -0.39 is 0 Å². The molecule has 4 aromatic carbocycles. The van der Waals surface area contributed by atoms with Crippen LogP contribution < -0.4 is 30.4 Å². The average molecular weight is 694 g/mol. The van der Waals surface area contributed by atoms with Gasteiger partial charge in [0.1, 0.15) is 34.5 Å². The molecule has 8 nitrogen and oxygen atoms in total. The van der Waals surface area contributed by atoms with Crippen LogP contribution in [0, 0.1) is 13.8 Å². The smallest absolute Gasteiger partial charge is 0.180 e. The summed E-state index contributed by atoms with van der Waals surface area (Å²) in [4.78, 5) is 8.58. The number of rotatable bonds is 8. The zero-order valence-corrected chi connectivity index (χ0v) is 28.5. The molecule has 0 saturated heterocycles. The molecule has 0 aliphatic rings. The summed E-state index contributed by atoms with van der Waals surface area (Å²) >= 11 is 15.6. The van der Waals surface area contributed by atoms with Crippen LogP contribution in [-0.4, -0.2) is 24.2 Å². The molecule has 0 saturated carbocycles. The lowest BCUT2D eigenvalue weighted by molar-refractivity contribution is 0.412. The topological polar surface area (TPSA) is 115 Å². The number of anilines is 2. The number of methoxy groups -OCH3 is 2. The number of ether oxygens (including phenoxy) is 4. The Morgan fingerprint density at radius 2 is 0.891 bits per heavy atom. The van der Waals surface area contributed by atoms with Crippen molar-refractivity contribution in [3.05, 3.63) is 105 Å². The lowest BCUT2D eigenvalue weighted by Crippen LogP contribution is -1.91. The van der Waals surface area contributed by atoms with Crippen LogP contribution in [0.1, 0.15) is 11.1 Å². The number of aromatic nitrogens is 2. The predicted octanol–water partition coefficient (Wildman–Crippen LogP) is 10.3. The first-order chi connectivity index (χ1) is 22.1. The quantitative estimate of drug-likeness (QED) is 0.162. The van der Waals surface area contributed by atoms with Crippen molar-refractivity contribution in [3.63, 3.8) is 0 Å². The summed E-state index contributed by atoms with van der Waals surface area (Å²) in [6.45, 7) is 3.94. The molecule has 236 valence electrons. The number of benzene rings is 4. The number of nitrogen functional groups attached to an aromatic ring is 2. The van der Waals surface area contributed by atoms with Gasteiger partial charge in [-0.2, -0.15) is 0 Å². The van der Waals surface area contributed by atoms with Crippen molar-refractivity contribution >= 4 is 56.1 Å². The lowest BCUT2D eigenvalue weighted by atomic mass is 10.1. The Morgan fingerprint density at radius 3 is 1.17 bits per heavy atom. The highest BCUT2D eigenvalue weighted by Crippen LogP contribution is 2.38. The number of hydrogen-bond acceptors (Lipinski definition) is 10. The Balaban J connectivity index is 0.000000181. The van der Waals surface area contributed by atoms with E-state index in [4.69, 9.17) is 53.6 Å². The van der Waals surface area contributed by atoms with E-state index >= 15 is 0 Å². The number of hydrogen-bond donors (Lipinski definition) is 2. The van der Waals surface area contributed by atoms with Crippen LogP contribution in [0.5, 0.6) is 34.5 Å². The summed E-state index contributed by atoms with van der Waals surface area (Å²) in [7, 11) is 3.26. The van der Waals surface area contributed by atoms with E-state index in [9.17, 15) is 0 Å². The van der Waals surface area contributed by atoms with Gasteiger partial charge in [-0.3, -0.25) is 0 Å². The number of aryl methyl sites for hydroxylation is 2. The molecule has 46 heavy (non-hydrogen) atoms. The van der Waals surface area contributed by atoms with Gasteiger partial charge in [-0.15, -0.1) is 22.7 Å². The summed E-state index contributed by atoms with van der Waals surface area (Å²) in [5.74, 6) is 4.33. The number of nitrogens with two attached hydrogens (primary N) is 2. The highest BCUT2D eigenvalue weighted by Gasteiger charge is 2.14. The molecule has 12 heteroatoms. The molecular formula is C34H30Cl2N4O4S2. The van der Waals surface area contributed by atoms with Crippen LogP contribution in [-0.2, 0) is 0 Å². The number of nitrogens with zero attached hydrogens (tertiary/aromatic N) is 2. The fourth-order valence-electron chi connectivity index (χ4n) is 4.56. The van der Waals surface area contributed by atoms with Crippen molar-refractivity contribution in [3.8, 4) is 57.0 Å². The third-order valence-corrected chi connectivity index (χ3v) is 8.61. The summed E-state index contributed by atoms with van der Waals surface area (Å²) in [5.41, 5.74) is 16.7. The Bertz CT molecular complexity index is 1760. The van der Waals surface area contributed by atoms with Crippen LogP contribution >= 0.6 is 45.9 Å². The largest absolute Gasteiger partial charge is 0.497 e. The van der Waals surface area contributed by atoms with Crippen LogP contribution in [0.4, 0.5) is 10.3 Å². The molecule has 0 aliphatic carbocycles. The number of thiazole rings is 2. The van der Waals surface area contributed by atoms with Gasteiger partial charge >= 0.3 is 0 Å². The Hall–Kier alpha value is -4.48. The maximum absolute atomic E-state index is 6.42. The van der Waals surface area contributed by atoms with E-state index in [-0.39, 0.29) is 0 Å². The minimum atomic E-state index is 0.522. The standard InChI is InChI=1S/2C17H15ClN2O2S/c2*1-10-7-13(22-12-5-3-11(21-2)4-6-12)8-14(18)16(10)15-9-23-17(19)20-15/h2*3-9H,1-2H3,(H2,19,20). The second-order valence-corrected chi connectivity index (χ2v) is 12.5. The second kappa shape index (κ2) is 14.7. The first-order valence-corrected chi connectivity index (χ1v) is 16.3. The van der Waals surface area contributed by atoms with Crippen LogP contribution in [0.15, 0.2) is 83.6 Å². The molecule has 0 amide bonds. The van der Waals surface area contributed by atoms with E-state index in [0.29, 0.717) is 43.3 Å². The average Bonchev–Trinajstić information content (AvgIpc) is 3.65. The normalized spacial score (nSPS) is 10.6. The van der Waals surface area contributed by atoms with Crippen molar-refractivity contribution in [1.29, 1.82) is 0 Å². The monoisotopic (exact) mass is 692 g/mol. The van der Waals surface area contributed by atoms with Crippen LogP contribution in [0.3, 0.4) is 0 Å². The minimum Gasteiger partial charge on any atom is -0.497 e. The molecule has 4 N–H and O–H groups in total. The van der Waals surface area contributed by atoms with Gasteiger partial charge < -0.3 is 30.4 Å². The summed E-state index contributed by atoms with van der Waals surface area (Å²) in [6.07, 6.45) is 0. The van der Waals surface area contributed by atoms with E-state index in [2.05, 4.69) is 9.97 Å². The second-order valence-electron chi connectivity index (χ2n) is 9.89. The van der Waals surface area contributed by atoms with Gasteiger partial charge in [-0.1, -0.05) is 23.2 Å². The highest BCUT2D eigenvalue weighted by molar-refractivity contribution is 7.14. The highest BCUT2D eigenvalue weighted by atomic mass is 35.5. The molecule has 0 spiro atoms. The maximum Gasteiger partial charge on any atom is 0.180 e. The first kappa shape index (κ1) is 32.9. The van der Waals surface area contributed by atoms with Gasteiger partial charge in [-0.05, 0) is 85.6 Å². The van der Waals surface area contributed by atoms with E-state index in [1.54, 1.807) is 26.4 Å². The van der Waals surface area contributed by atoms with Crippen molar-refractivity contribution in [2.45, 2.75) is 13.8 Å². The zero-order valence-electron chi connectivity index (χ0n) is 25.3. The third kappa shape index (κ3) is 8.02.